The number of fused-ring (bicyclic) bond motifs is 2. The van der Waals surface area contributed by atoms with Crippen molar-refractivity contribution in [2.45, 2.75) is 84.7 Å². The number of alkyl halides is 1. The van der Waals surface area contributed by atoms with Gasteiger partial charge in [-0.1, -0.05) is 22.6 Å². The van der Waals surface area contributed by atoms with Gasteiger partial charge in [0.25, 0.3) is 11.8 Å². The lowest BCUT2D eigenvalue weighted by Crippen LogP contribution is -2.40. The lowest BCUT2D eigenvalue weighted by molar-refractivity contribution is -0.137. The van der Waals surface area contributed by atoms with Crippen molar-refractivity contribution in [3.8, 4) is 0 Å². The van der Waals surface area contributed by atoms with Crippen molar-refractivity contribution in [3.63, 3.8) is 0 Å². The lowest BCUT2D eigenvalue weighted by Gasteiger charge is -2.36. The number of hydrogen-bond acceptors (Lipinski definition) is 7. The summed E-state index contributed by atoms with van der Waals surface area (Å²) in [6, 6.07) is 0. The van der Waals surface area contributed by atoms with Gasteiger partial charge in [0.1, 0.15) is 11.4 Å². The number of nitrogens with one attached hydrogen (secondary N) is 2. The highest BCUT2D eigenvalue weighted by Gasteiger charge is 2.41. The molecule has 0 radical (unpaired) electrons. The number of amides is 2. The summed E-state index contributed by atoms with van der Waals surface area (Å²) in [6.07, 6.45) is 6.91. The van der Waals surface area contributed by atoms with Gasteiger partial charge < -0.3 is 25.2 Å². The van der Waals surface area contributed by atoms with Crippen molar-refractivity contribution in [1.82, 2.24) is 30.2 Å². The van der Waals surface area contributed by atoms with Crippen LogP contribution in [0.2, 0.25) is 0 Å². The Morgan fingerprint density at radius 3 is 1.64 bits per heavy atom. The van der Waals surface area contributed by atoms with Crippen molar-refractivity contribution in [2.24, 2.45) is 10.8 Å². The number of carboxylic acids is 1. The number of aromatic nitrogens is 4. The van der Waals surface area contributed by atoms with Crippen LogP contribution >= 0.6 is 22.6 Å². The van der Waals surface area contributed by atoms with Gasteiger partial charge in [-0.2, -0.15) is 10.2 Å². The van der Waals surface area contributed by atoms with Crippen LogP contribution < -0.4 is 10.6 Å². The van der Waals surface area contributed by atoms with E-state index in [9.17, 15) is 14.4 Å². The number of carbonyl (C=O) groups excluding carboxylic acids is 2. The molecule has 0 unspecified atom stereocenters. The van der Waals surface area contributed by atoms with E-state index in [1.807, 2.05) is 18.5 Å². The molecule has 2 spiro atoms. The molecule has 3 N–H and O–H groups in total. The number of rotatable bonds is 7. The molecule has 4 aliphatic heterocycles. The van der Waals surface area contributed by atoms with E-state index >= 15 is 0 Å². The zero-order valence-electron chi connectivity index (χ0n) is 25.9. The number of hydrogen-bond donors (Lipinski definition) is 3. The monoisotopic (exact) mass is 724 g/mol. The van der Waals surface area contributed by atoms with E-state index in [4.69, 9.17) is 14.6 Å². The third kappa shape index (κ3) is 6.99. The second-order valence-corrected chi connectivity index (χ2v) is 13.5. The standard InChI is InChI=1S/C16H23N3O4.C15H22IN3O2/c1-2-19-14-11(12(18-19)3-4-13(20)21)9-16(10-17-15(14)22)5-7-23-8-6-16;1-2-19-13-11(12(18-19)3-6-16)9-15(10-17-14(13)20)4-7-21-8-5-15/h2-10H2,1H3,(H,17,22)(H,20,21);2-10H2,1H3,(H,17,20). The zero-order chi connectivity index (χ0) is 31.3. The summed E-state index contributed by atoms with van der Waals surface area (Å²) in [7, 11) is 0. The molecule has 4 aliphatic rings. The van der Waals surface area contributed by atoms with Gasteiger partial charge in [-0.25, -0.2) is 0 Å². The van der Waals surface area contributed by atoms with Gasteiger partial charge in [-0.3, -0.25) is 23.7 Å². The van der Waals surface area contributed by atoms with Crippen LogP contribution in [0.5, 0.6) is 0 Å². The highest BCUT2D eigenvalue weighted by molar-refractivity contribution is 14.1. The Morgan fingerprint density at radius 2 is 1.25 bits per heavy atom. The lowest BCUT2D eigenvalue weighted by atomic mass is 9.75. The van der Waals surface area contributed by atoms with Crippen molar-refractivity contribution >= 4 is 40.4 Å². The molecule has 242 valence electrons. The minimum Gasteiger partial charge on any atom is -0.481 e. The first-order chi connectivity index (χ1) is 21.2. The van der Waals surface area contributed by atoms with E-state index < -0.39 is 5.97 Å². The second kappa shape index (κ2) is 14.3. The van der Waals surface area contributed by atoms with Crippen LogP contribution in [-0.4, -0.2) is 86.4 Å². The molecule has 2 aromatic rings. The maximum atomic E-state index is 12.5. The smallest absolute Gasteiger partial charge is 0.303 e. The number of aliphatic carboxylic acids is 1. The quantitative estimate of drug-likeness (QED) is 0.292. The number of halogens is 1. The number of nitrogens with zero attached hydrogens (tertiary/aromatic N) is 4. The molecule has 6 heterocycles. The van der Waals surface area contributed by atoms with Gasteiger partial charge in [0.05, 0.1) is 17.8 Å². The Morgan fingerprint density at radius 1 is 0.818 bits per heavy atom. The maximum Gasteiger partial charge on any atom is 0.303 e. The topological polar surface area (TPSA) is 150 Å². The minimum atomic E-state index is -0.844. The molecule has 12 nitrogen and oxygen atoms in total. The molecular formula is C31H45IN6O6. The molecule has 2 saturated heterocycles. The Kier molecular flexibility index (Phi) is 10.7. The molecule has 2 fully saturated rings. The largest absolute Gasteiger partial charge is 0.481 e. The van der Waals surface area contributed by atoms with Crippen LogP contribution in [0.25, 0.3) is 0 Å². The summed E-state index contributed by atoms with van der Waals surface area (Å²) >= 11 is 2.38. The summed E-state index contributed by atoms with van der Waals surface area (Å²) in [5, 5.41) is 24.3. The molecule has 0 bridgehead atoms. The Bertz CT molecular complexity index is 1360. The zero-order valence-corrected chi connectivity index (χ0v) is 28.0. The van der Waals surface area contributed by atoms with Crippen LogP contribution in [0.1, 0.15) is 89.4 Å². The van der Waals surface area contributed by atoms with Gasteiger partial charge >= 0.3 is 5.97 Å². The Labute approximate surface area is 272 Å². The third-order valence-electron chi connectivity index (χ3n) is 9.66. The fraction of sp³-hybridized carbons (Fsp3) is 0.710. The van der Waals surface area contributed by atoms with E-state index in [1.54, 1.807) is 4.68 Å². The molecular weight excluding hydrogens is 679 g/mol. The summed E-state index contributed by atoms with van der Waals surface area (Å²) < 4.78 is 15.6. The van der Waals surface area contributed by atoms with Crippen LogP contribution in [0.15, 0.2) is 0 Å². The average molecular weight is 725 g/mol. The summed E-state index contributed by atoms with van der Waals surface area (Å²) in [5.74, 6) is -0.898. The van der Waals surface area contributed by atoms with E-state index in [0.717, 1.165) is 98.3 Å². The van der Waals surface area contributed by atoms with E-state index in [0.29, 0.717) is 38.4 Å². The van der Waals surface area contributed by atoms with Gasteiger partial charge in [-0.05, 0) is 63.2 Å². The summed E-state index contributed by atoms with van der Waals surface area (Å²) in [4.78, 5) is 36.0. The summed E-state index contributed by atoms with van der Waals surface area (Å²) in [5.41, 5.74) is 5.54. The molecule has 0 aromatic carbocycles. The van der Waals surface area contributed by atoms with Crippen LogP contribution in [0, 0.1) is 10.8 Å². The van der Waals surface area contributed by atoms with Crippen molar-refractivity contribution in [1.29, 1.82) is 0 Å². The van der Waals surface area contributed by atoms with Crippen LogP contribution in [0.4, 0.5) is 0 Å². The highest BCUT2D eigenvalue weighted by atomic mass is 127. The molecule has 0 aliphatic carbocycles. The van der Waals surface area contributed by atoms with E-state index in [-0.39, 0.29) is 29.1 Å². The fourth-order valence-corrected chi connectivity index (χ4v) is 7.56. The van der Waals surface area contributed by atoms with Crippen LogP contribution in [0.3, 0.4) is 0 Å². The van der Waals surface area contributed by atoms with Gasteiger partial charge in [-0.15, -0.1) is 0 Å². The first-order valence-corrected chi connectivity index (χ1v) is 17.4. The molecule has 0 atom stereocenters. The predicted molar refractivity (Wildman–Crippen MR) is 171 cm³/mol. The van der Waals surface area contributed by atoms with E-state index in [2.05, 4.69) is 43.4 Å². The molecule has 6 rings (SSSR count). The number of aryl methyl sites for hydroxylation is 4. The molecule has 44 heavy (non-hydrogen) atoms. The van der Waals surface area contributed by atoms with Crippen molar-refractivity contribution < 1.29 is 29.0 Å². The molecule has 13 heteroatoms. The third-order valence-corrected chi connectivity index (χ3v) is 10.2. The normalized spacial score (nSPS) is 20.4. The SMILES string of the molecule is CCn1nc(CCC(=O)O)c2c1C(=O)NCC1(CCOCC1)C2.CCn1nc(CCI)c2c1C(=O)NCC1(CCOCC1)C2. The first-order valence-electron chi connectivity index (χ1n) is 15.9. The van der Waals surface area contributed by atoms with Gasteiger partial charge in [0.2, 0.25) is 0 Å². The second-order valence-electron chi connectivity index (χ2n) is 12.5. The van der Waals surface area contributed by atoms with Crippen molar-refractivity contribution in [3.05, 3.63) is 33.9 Å². The minimum absolute atomic E-state index is 0.00125. The van der Waals surface area contributed by atoms with Crippen LogP contribution in [-0.2, 0) is 53.0 Å². The Balaban J connectivity index is 0.000000175. The fourth-order valence-electron chi connectivity index (χ4n) is 7.05. The van der Waals surface area contributed by atoms with Crippen molar-refractivity contribution in [2.75, 3.05) is 43.9 Å². The predicted octanol–water partition coefficient (Wildman–Crippen LogP) is 2.97. The van der Waals surface area contributed by atoms with Gasteiger partial charge in [0.15, 0.2) is 0 Å². The number of carboxylic acid groups (broad SMARTS) is 1. The number of carbonyl (C=O) groups is 3. The molecule has 0 saturated carbocycles. The van der Waals surface area contributed by atoms with E-state index in [1.165, 1.54) is 5.56 Å². The number of ether oxygens (including phenoxy) is 2. The maximum absolute atomic E-state index is 12.5. The van der Waals surface area contributed by atoms with Gasteiger partial charge in [0, 0.05) is 81.0 Å². The molecule has 2 aromatic heterocycles. The Hall–Kier alpha value is -2.52. The average Bonchev–Trinajstić information content (AvgIpc) is 3.46. The highest BCUT2D eigenvalue weighted by Crippen LogP contribution is 2.39. The summed E-state index contributed by atoms with van der Waals surface area (Å²) in [6.45, 7) is 9.74. The molecule has 2 amide bonds. The first kappa shape index (κ1) is 32.9.